The number of nitrogens with one attached hydrogen (secondary N) is 2. The van der Waals surface area contributed by atoms with E-state index < -0.39 is 0 Å². The van der Waals surface area contributed by atoms with E-state index in [0.717, 1.165) is 32.2 Å². The maximum Gasteiger partial charge on any atom is 0.223 e. The quantitative estimate of drug-likeness (QED) is 0.769. The minimum atomic E-state index is 0.234. The number of carbonyl (C=O) groups is 1. The lowest BCUT2D eigenvalue weighted by atomic mass is 9.92. The average molecular weight is 226 g/mol. The second-order valence-corrected chi connectivity index (χ2v) is 6.10. The van der Waals surface area contributed by atoms with Gasteiger partial charge in [-0.2, -0.15) is 0 Å². The van der Waals surface area contributed by atoms with Crippen LogP contribution in [0.15, 0.2) is 0 Å². The monoisotopic (exact) mass is 226 g/mol. The summed E-state index contributed by atoms with van der Waals surface area (Å²) in [6, 6.07) is 0.540. The van der Waals surface area contributed by atoms with Gasteiger partial charge in [0.15, 0.2) is 0 Å². The Hall–Kier alpha value is -0.570. The van der Waals surface area contributed by atoms with Gasteiger partial charge in [0.25, 0.3) is 0 Å². The summed E-state index contributed by atoms with van der Waals surface area (Å²) in [5.74, 6) is 0.486. The summed E-state index contributed by atoms with van der Waals surface area (Å²) < 4.78 is 0. The van der Waals surface area contributed by atoms with Crippen LogP contribution in [0, 0.1) is 11.3 Å². The smallest absolute Gasteiger partial charge is 0.223 e. The molecular weight excluding hydrogens is 200 g/mol. The normalized spacial score (nSPS) is 25.8. The molecule has 3 nitrogen and oxygen atoms in total. The molecule has 94 valence electrons. The molecule has 16 heavy (non-hydrogen) atoms. The highest BCUT2D eigenvalue weighted by molar-refractivity contribution is 5.78. The number of hydrogen-bond donors (Lipinski definition) is 2. The molecule has 1 amide bonds. The summed E-state index contributed by atoms with van der Waals surface area (Å²) in [6.07, 6.45) is 4.21. The molecule has 1 aliphatic carbocycles. The van der Waals surface area contributed by atoms with Crippen LogP contribution in [0.4, 0.5) is 0 Å². The maximum atomic E-state index is 11.9. The first-order chi connectivity index (χ1) is 7.42. The fraction of sp³-hybridized carbons (Fsp3) is 0.923. The second kappa shape index (κ2) is 5.67. The van der Waals surface area contributed by atoms with Crippen LogP contribution in [0.1, 0.15) is 46.5 Å². The first-order valence-electron chi connectivity index (χ1n) is 6.37. The van der Waals surface area contributed by atoms with E-state index >= 15 is 0 Å². The molecular formula is C13H26N2O. The van der Waals surface area contributed by atoms with E-state index in [-0.39, 0.29) is 11.8 Å². The van der Waals surface area contributed by atoms with E-state index in [2.05, 4.69) is 31.4 Å². The van der Waals surface area contributed by atoms with Crippen molar-refractivity contribution in [2.75, 3.05) is 13.6 Å². The van der Waals surface area contributed by atoms with Crippen molar-refractivity contribution in [2.45, 2.75) is 52.5 Å². The van der Waals surface area contributed by atoms with Crippen molar-refractivity contribution in [3.8, 4) is 0 Å². The van der Waals surface area contributed by atoms with Gasteiger partial charge in [-0.3, -0.25) is 4.79 Å². The Kier molecular flexibility index (Phi) is 4.78. The molecule has 3 heteroatoms. The van der Waals surface area contributed by atoms with Gasteiger partial charge in [-0.25, -0.2) is 0 Å². The first kappa shape index (κ1) is 13.5. The second-order valence-electron chi connectivity index (χ2n) is 6.10. The van der Waals surface area contributed by atoms with Crippen LogP contribution in [0.25, 0.3) is 0 Å². The van der Waals surface area contributed by atoms with E-state index in [1.165, 1.54) is 0 Å². The van der Waals surface area contributed by atoms with Crippen LogP contribution in [0.3, 0.4) is 0 Å². The third-order valence-corrected chi connectivity index (χ3v) is 3.39. The molecule has 0 bridgehead atoms. The minimum Gasteiger partial charge on any atom is -0.356 e. The lowest BCUT2D eigenvalue weighted by molar-refractivity contribution is -0.124. The van der Waals surface area contributed by atoms with E-state index in [1.807, 2.05) is 7.05 Å². The van der Waals surface area contributed by atoms with Gasteiger partial charge < -0.3 is 10.6 Å². The molecule has 0 unspecified atom stereocenters. The summed E-state index contributed by atoms with van der Waals surface area (Å²) in [5, 5.41) is 6.31. The fourth-order valence-corrected chi connectivity index (χ4v) is 2.19. The summed E-state index contributed by atoms with van der Waals surface area (Å²) in [6.45, 7) is 7.41. The van der Waals surface area contributed by atoms with Crippen molar-refractivity contribution in [2.24, 2.45) is 11.3 Å². The van der Waals surface area contributed by atoms with Gasteiger partial charge in [0.05, 0.1) is 0 Å². The Labute approximate surface area is 99.4 Å². The first-order valence-corrected chi connectivity index (χ1v) is 6.37. The third-order valence-electron chi connectivity index (χ3n) is 3.39. The molecule has 1 aliphatic rings. The summed E-state index contributed by atoms with van der Waals surface area (Å²) in [5.41, 5.74) is 0.302. The van der Waals surface area contributed by atoms with Gasteiger partial charge in [0.2, 0.25) is 5.91 Å². The predicted molar refractivity (Wildman–Crippen MR) is 67.3 cm³/mol. The molecule has 0 aromatic carbocycles. The van der Waals surface area contributed by atoms with Crippen molar-refractivity contribution in [3.05, 3.63) is 0 Å². The Morgan fingerprint density at radius 1 is 1.31 bits per heavy atom. The molecule has 0 aromatic heterocycles. The predicted octanol–water partition coefficient (Wildman–Crippen LogP) is 1.93. The van der Waals surface area contributed by atoms with Crippen molar-refractivity contribution in [1.82, 2.24) is 10.6 Å². The van der Waals surface area contributed by atoms with Gasteiger partial charge in [0.1, 0.15) is 0 Å². The zero-order chi connectivity index (χ0) is 12.2. The molecule has 1 rings (SSSR count). The van der Waals surface area contributed by atoms with E-state index in [9.17, 15) is 4.79 Å². The third kappa shape index (κ3) is 4.52. The zero-order valence-corrected chi connectivity index (χ0v) is 11.1. The van der Waals surface area contributed by atoms with Gasteiger partial charge in [0, 0.05) is 18.5 Å². The lowest BCUT2D eigenvalue weighted by Crippen LogP contribution is -2.33. The van der Waals surface area contributed by atoms with Crippen molar-refractivity contribution in [1.29, 1.82) is 0 Å². The maximum absolute atomic E-state index is 11.9. The summed E-state index contributed by atoms with van der Waals surface area (Å²) >= 11 is 0. The van der Waals surface area contributed by atoms with Crippen LogP contribution in [-0.2, 0) is 4.79 Å². The highest BCUT2D eigenvalue weighted by atomic mass is 16.1. The molecule has 0 aliphatic heterocycles. The summed E-state index contributed by atoms with van der Waals surface area (Å²) in [7, 11) is 1.98. The Bertz CT molecular complexity index is 233. The Balaban J connectivity index is 2.21. The van der Waals surface area contributed by atoms with Gasteiger partial charge >= 0.3 is 0 Å². The zero-order valence-electron chi connectivity index (χ0n) is 11.1. The molecule has 2 atom stereocenters. The molecule has 0 heterocycles. The molecule has 0 spiro atoms. The standard InChI is InChI=1S/C13H26N2O/c1-13(2,3)7-8-15-12(16)10-5-6-11(9-10)14-4/h10-11,14H,5-9H2,1-4H3,(H,15,16)/t10-,11+/m1/s1. The van der Waals surface area contributed by atoms with Crippen molar-refractivity contribution in [3.63, 3.8) is 0 Å². The molecule has 2 N–H and O–H groups in total. The van der Waals surface area contributed by atoms with E-state index in [1.54, 1.807) is 0 Å². The van der Waals surface area contributed by atoms with Gasteiger partial charge in [-0.1, -0.05) is 20.8 Å². The highest BCUT2D eigenvalue weighted by Crippen LogP contribution is 2.25. The molecule has 0 saturated heterocycles. The van der Waals surface area contributed by atoms with Crippen molar-refractivity contribution < 1.29 is 4.79 Å². The van der Waals surface area contributed by atoms with Crippen LogP contribution in [0.5, 0.6) is 0 Å². The van der Waals surface area contributed by atoms with Crippen LogP contribution in [0.2, 0.25) is 0 Å². The van der Waals surface area contributed by atoms with Crippen molar-refractivity contribution >= 4 is 5.91 Å². The van der Waals surface area contributed by atoms with Crippen LogP contribution < -0.4 is 10.6 Å². The fourth-order valence-electron chi connectivity index (χ4n) is 2.19. The highest BCUT2D eigenvalue weighted by Gasteiger charge is 2.28. The molecule has 0 radical (unpaired) electrons. The Morgan fingerprint density at radius 3 is 2.50 bits per heavy atom. The number of hydrogen-bond acceptors (Lipinski definition) is 2. The summed E-state index contributed by atoms with van der Waals surface area (Å²) in [4.78, 5) is 11.9. The van der Waals surface area contributed by atoms with Crippen LogP contribution >= 0.6 is 0 Å². The van der Waals surface area contributed by atoms with E-state index in [0.29, 0.717) is 11.5 Å². The van der Waals surface area contributed by atoms with Crippen LogP contribution in [-0.4, -0.2) is 25.5 Å². The molecule has 1 fully saturated rings. The Morgan fingerprint density at radius 2 is 2.00 bits per heavy atom. The molecule has 1 saturated carbocycles. The largest absolute Gasteiger partial charge is 0.356 e. The van der Waals surface area contributed by atoms with E-state index in [4.69, 9.17) is 0 Å². The average Bonchev–Trinajstić information content (AvgIpc) is 2.63. The molecule has 0 aromatic rings. The van der Waals surface area contributed by atoms with Gasteiger partial charge in [-0.05, 0) is 38.1 Å². The SMILES string of the molecule is CN[C@H]1CC[C@@H](C(=O)NCCC(C)(C)C)C1. The number of rotatable bonds is 4. The topological polar surface area (TPSA) is 41.1 Å². The minimum absolute atomic E-state index is 0.234. The number of amides is 1. The lowest BCUT2D eigenvalue weighted by Gasteiger charge is -2.19. The van der Waals surface area contributed by atoms with Gasteiger partial charge in [-0.15, -0.1) is 0 Å². The number of carbonyl (C=O) groups excluding carboxylic acids is 1.